The Labute approximate surface area is 174 Å². The van der Waals surface area contributed by atoms with Crippen molar-refractivity contribution < 1.29 is 33.3 Å². The van der Waals surface area contributed by atoms with Gasteiger partial charge in [0.25, 0.3) is 0 Å². The summed E-state index contributed by atoms with van der Waals surface area (Å²) in [5, 5.41) is 0. The van der Waals surface area contributed by atoms with Crippen molar-refractivity contribution in [2.45, 2.75) is 35.7 Å². The van der Waals surface area contributed by atoms with Crippen molar-refractivity contribution in [3.05, 3.63) is 23.8 Å². The average Bonchev–Trinajstić information content (AvgIpc) is 3.13. The van der Waals surface area contributed by atoms with Crippen LogP contribution in [0.5, 0.6) is 0 Å². The highest BCUT2D eigenvalue weighted by Gasteiger charge is 2.44. The van der Waals surface area contributed by atoms with Gasteiger partial charge in [-0.05, 0) is 24.0 Å². The molecule has 0 radical (unpaired) electrons. The molecule has 0 spiro atoms. The van der Waals surface area contributed by atoms with Crippen molar-refractivity contribution in [2.75, 3.05) is 46.0 Å². The number of methoxy groups -OCH3 is 3. The molecule has 0 N–H and O–H groups in total. The lowest BCUT2D eigenvalue weighted by molar-refractivity contribution is -0.137. The highest BCUT2D eigenvalue weighted by atomic mass is 32.2. The van der Waals surface area contributed by atoms with Gasteiger partial charge in [0.2, 0.25) is 0 Å². The first-order valence-corrected chi connectivity index (χ1v) is 11.0. The predicted molar refractivity (Wildman–Crippen MR) is 109 cm³/mol. The molecule has 9 heteroatoms. The number of thioether (sulfide) groups is 2. The first kappa shape index (κ1) is 23.3. The highest BCUT2D eigenvalue weighted by molar-refractivity contribution is 8.18. The van der Waals surface area contributed by atoms with Gasteiger partial charge in [-0.2, -0.15) is 0 Å². The molecule has 2 aliphatic rings. The summed E-state index contributed by atoms with van der Waals surface area (Å²) >= 11 is 3.53. The molecule has 0 aromatic heterocycles. The number of ether oxygens (including phenoxy) is 5. The zero-order chi connectivity index (χ0) is 20.6. The average molecular weight is 433 g/mol. The molecule has 28 heavy (non-hydrogen) atoms. The maximum Gasteiger partial charge on any atom is 0.335 e. The third-order valence-electron chi connectivity index (χ3n) is 4.52. The second-order valence-electron chi connectivity index (χ2n) is 6.37. The first-order chi connectivity index (χ1) is 13.5. The van der Waals surface area contributed by atoms with Crippen LogP contribution in [0.4, 0.5) is 0 Å². The van der Waals surface area contributed by atoms with Gasteiger partial charge >= 0.3 is 11.9 Å². The standard InChI is InChI=1S/C19H28O7S2/c1-13(17(20)24-4)12-26-15(10-14-6-7-25-18(14)21)19(11-16(22-2)23-3)27-8-5-9-28-19/h10,15-16H,1,5-9,11-12H2,2-4H3/b14-10-. The number of hydrogen-bond acceptors (Lipinski definition) is 9. The summed E-state index contributed by atoms with van der Waals surface area (Å²) in [6, 6.07) is 0. The largest absolute Gasteiger partial charge is 0.466 e. The minimum atomic E-state index is -0.517. The Morgan fingerprint density at radius 1 is 1.29 bits per heavy atom. The van der Waals surface area contributed by atoms with Crippen LogP contribution in [0.2, 0.25) is 0 Å². The molecule has 2 saturated heterocycles. The van der Waals surface area contributed by atoms with Gasteiger partial charge in [0.1, 0.15) is 6.10 Å². The lowest BCUT2D eigenvalue weighted by Gasteiger charge is -2.42. The fraction of sp³-hybridized carbons (Fsp3) is 0.684. The minimum absolute atomic E-state index is 0.00364. The molecule has 0 aromatic carbocycles. The summed E-state index contributed by atoms with van der Waals surface area (Å²) in [5.41, 5.74) is 0.808. The number of rotatable bonds is 10. The fourth-order valence-electron chi connectivity index (χ4n) is 2.96. The van der Waals surface area contributed by atoms with E-state index in [0.29, 0.717) is 25.0 Å². The van der Waals surface area contributed by atoms with Crippen molar-refractivity contribution in [3.8, 4) is 0 Å². The van der Waals surface area contributed by atoms with Gasteiger partial charge in [-0.25, -0.2) is 9.59 Å². The molecule has 7 nitrogen and oxygen atoms in total. The molecule has 2 aliphatic heterocycles. The van der Waals surface area contributed by atoms with Crippen LogP contribution in [0.3, 0.4) is 0 Å². The molecule has 2 heterocycles. The van der Waals surface area contributed by atoms with Crippen molar-refractivity contribution in [3.63, 3.8) is 0 Å². The Balaban J connectivity index is 2.30. The molecule has 1 unspecified atom stereocenters. The predicted octanol–water partition coefficient (Wildman–Crippen LogP) is 2.55. The van der Waals surface area contributed by atoms with E-state index in [1.807, 2.05) is 6.08 Å². The lowest BCUT2D eigenvalue weighted by atomic mass is 10.1. The second kappa shape index (κ2) is 11.3. The molecule has 158 valence electrons. The number of carbonyl (C=O) groups is 2. The Hall–Kier alpha value is -1.00. The lowest BCUT2D eigenvalue weighted by Crippen LogP contribution is -2.43. The Kier molecular flexibility index (Phi) is 9.36. The van der Waals surface area contributed by atoms with Crippen molar-refractivity contribution in [2.24, 2.45) is 0 Å². The quantitative estimate of drug-likeness (QED) is 0.294. The third-order valence-corrected chi connectivity index (χ3v) is 7.99. The number of carbonyl (C=O) groups excluding carboxylic acids is 2. The Bertz CT molecular complexity index is 595. The van der Waals surface area contributed by atoms with E-state index in [4.69, 9.17) is 23.7 Å². The van der Waals surface area contributed by atoms with Crippen LogP contribution >= 0.6 is 23.5 Å². The van der Waals surface area contributed by atoms with Gasteiger partial charge < -0.3 is 23.7 Å². The normalized spacial score (nSPS) is 21.6. The minimum Gasteiger partial charge on any atom is -0.466 e. The van der Waals surface area contributed by atoms with Crippen molar-refractivity contribution in [1.82, 2.24) is 0 Å². The Morgan fingerprint density at radius 3 is 2.50 bits per heavy atom. The van der Waals surface area contributed by atoms with Gasteiger partial charge in [-0.3, -0.25) is 0 Å². The molecule has 1 atom stereocenters. The number of esters is 2. The second-order valence-corrected chi connectivity index (χ2v) is 9.48. The summed E-state index contributed by atoms with van der Waals surface area (Å²) in [6.45, 7) is 4.11. The van der Waals surface area contributed by atoms with Gasteiger partial charge in [0, 0.05) is 32.6 Å². The molecular weight excluding hydrogens is 404 g/mol. The zero-order valence-corrected chi connectivity index (χ0v) is 18.2. The summed E-state index contributed by atoms with van der Waals surface area (Å²) in [5.74, 6) is 1.07. The van der Waals surface area contributed by atoms with E-state index >= 15 is 0 Å². The first-order valence-electron chi connectivity index (χ1n) is 9.04. The van der Waals surface area contributed by atoms with E-state index in [1.54, 1.807) is 37.7 Å². The number of cyclic esters (lactones) is 1. The van der Waals surface area contributed by atoms with Crippen LogP contribution in [0.15, 0.2) is 23.8 Å². The fourth-order valence-corrected chi connectivity index (χ4v) is 6.36. The van der Waals surface area contributed by atoms with Gasteiger partial charge in [-0.1, -0.05) is 6.58 Å². The van der Waals surface area contributed by atoms with Crippen LogP contribution < -0.4 is 0 Å². The van der Waals surface area contributed by atoms with Crippen LogP contribution in [-0.4, -0.2) is 74.5 Å². The summed E-state index contributed by atoms with van der Waals surface area (Å²) < 4.78 is 26.4. The third kappa shape index (κ3) is 6.00. The van der Waals surface area contributed by atoms with E-state index in [1.165, 1.54) is 7.11 Å². The van der Waals surface area contributed by atoms with Crippen molar-refractivity contribution >= 4 is 35.5 Å². The van der Waals surface area contributed by atoms with E-state index in [0.717, 1.165) is 17.9 Å². The van der Waals surface area contributed by atoms with Gasteiger partial charge in [0.15, 0.2) is 6.29 Å². The monoisotopic (exact) mass is 432 g/mol. The summed E-state index contributed by atoms with van der Waals surface area (Å²) in [7, 11) is 4.50. The van der Waals surface area contributed by atoms with Crippen molar-refractivity contribution in [1.29, 1.82) is 0 Å². The molecule has 0 bridgehead atoms. The van der Waals surface area contributed by atoms with Gasteiger partial charge in [0.05, 0.1) is 30.0 Å². The molecular formula is C19H28O7S2. The topological polar surface area (TPSA) is 80.3 Å². The van der Waals surface area contributed by atoms with E-state index in [-0.39, 0.29) is 18.1 Å². The number of hydrogen-bond donors (Lipinski definition) is 0. The zero-order valence-electron chi connectivity index (χ0n) is 16.6. The maximum absolute atomic E-state index is 12.0. The maximum atomic E-state index is 12.0. The van der Waals surface area contributed by atoms with Crippen LogP contribution in [-0.2, 0) is 33.3 Å². The summed E-state index contributed by atoms with van der Waals surface area (Å²) in [6.07, 6.45) is 3.14. The SMILES string of the molecule is C=C(COC(/C=C1/CCOC1=O)C1(CC(OC)OC)SCCCS1)C(=O)OC. The van der Waals surface area contributed by atoms with E-state index in [2.05, 4.69) is 6.58 Å². The van der Waals surface area contributed by atoms with Crippen LogP contribution in [0, 0.1) is 0 Å². The van der Waals surface area contributed by atoms with Gasteiger partial charge in [-0.15, -0.1) is 23.5 Å². The smallest absolute Gasteiger partial charge is 0.335 e. The molecule has 0 aliphatic carbocycles. The van der Waals surface area contributed by atoms with Crippen LogP contribution in [0.25, 0.3) is 0 Å². The summed E-state index contributed by atoms with van der Waals surface area (Å²) in [4.78, 5) is 23.7. The molecule has 0 saturated carbocycles. The highest BCUT2D eigenvalue weighted by Crippen LogP contribution is 2.50. The van der Waals surface area contributed by atoms with Crippen LogP contribution in [0.1, 0.15) is 19.3 Å². The Morgan fingerprint density at radius 2 is 1.96 bits per heavy atom. The molecule has 2 fully saturated rings. The molecule has 0 amide bonds. The van der Waals surface area contributed by atoms with E-state index in [9.17, 15) is 9.59 Å². The molecule has 0 aromatic rings. The molecule has 2 rings (SSSR count). The van der Waals surface area contributed by atoms with E-state index < -0.39 is 22.4 Å².